The normalized spacial score (nSPS) is 31.2. The smallest absolute Gasteiger partial charge is 0.0990 e. The highest BCUT2D eigenvalue weighted by Gasteiger charge is 2.25. The fraction of sp³-hybridized carbons (Fsp3) is 1.00. The number of hydrogen-bond donors (Lipinski definition) is 0. The molecule has 0 aromatic rings. The first-order valence-electron chi connectivity index (χ1n) is 2.42. The van der Waals surface area contributed by atoms with E-state index in [2.05, 4.69) is 15.7 Å². The Balaban J connectivity index is 2.13. The summed E-state index contributed by atoms with van der Waals surface area (Å²) in [5.74, 6) is 0. The summed E-state index contributed by atoms with van der Waals surface area (Å²) in [5.41, 5.74) is 0.741. The average molecular weight is 81.7 g/mol. The summed E-state index contributed by atoms with van der Waals surface area (Å²) in [7, 11) is 4.36. The summed E-state index contributed by atoms with van der Waals surface area (Å²) in [6, 6.07) is 0. The molecule has 0 bridgehead atoms. The molecule has 1 unspecified atom stereocenters. The second-order valence-corrected chi connectivity index (χ2v) is 2.12. The van der Waals surface area contributed by atoms with Crippen molar-refractivity contribution in [3.05, 3.63) is 0 Å². The lowest BCUT2D eigenvalue weighted by molar-refractivity contribution is 0.417. The van der Waals surface area contributed by atoms with Gasteiger partial charge in [-0.05, 0) is 0 Å². The fourth-order valence-electron chi connectivity index (χ4n) is 0.440. The molecule has 0 saturated carbocycles. The Labute approximate surface area is 39.9 Å². The average Bonchev–Trinajstić information content (AvgIpc) is 2.06. The minimum Gasteiger partial charge on any atom is -0.374 e. The first-order valence-corrected chi connectivity index (χ1v) is 2.42. The van der Waals surface area contributed by atoms with E-state index in [0.29, 0.717) is 6.10 Å². The third kappa shape index (κ3) is 0.777. The van der Waals surface area contributed by atoms with E-state index in [-0.39, 0.29) is 0 Å². The lowest BCUT2D eigenvalue weighted by atomic mass is 9.69. The Morgan fingerprint density at radius 2 is 2.17 bits per heavy atom. The summed E-state index contributed by atoms with van der Waals surface area (Å²) >= 11 is 0. The Hall–Kier alpha value is 0.0899. The van der Waals surface area contributed by atoms with E-state index in [1.165, 1.54) is 0 Å². The van der Waals surface area contributed by atoms with Gasteiger partial charge in [0.25, 0.3) is 0 Å². The van der Waals surface area contributed by atoms with Crippen molar-refractivity contribution in [2.24, 2.45) is 0 Å². The van der Waals surface area contributed by atoms with Crippen LogP contribution in [0.5, 0.6) is 0 Å². The maximum Gasteiger partial charge on any atom is 0.0990 e. The van der Waals surface area contributed by atoms with Crippen LogP contribution in [0.4, 0.5) is 0 Å². The van der Waals surface area contributed by atoms with Crippen molar-refractivity contribution in [3.63, 3.8) is 0 Å². The van der Waals surface area contributed by atoms with Crippen LogP contribution in [0.25, 0.3) is 0 Å². The summed E-state index contributed by atoms with van der Waals surface area (Å²) in [4.78, 5) is 0. The van der Waals surface area contributed by atoms with E-state index < -0.39 is 0 Å². The topological polar surface area (TPSA) is 12.5 Å². The Morgan fingerprint density at radius 3 is 2.17 bits per heavy atom. The standard InChI is InChI=1S/C3H8B2O/c4-3(5)2-1-6-2/h2-3H,1,4-5H2. The van der Waals surface area contributed by atoms with Crippen LogP contribution in [0.3, 0.4) is 0 Å². The molecule has 1 atom stereocenters. The molecule has 1 saturated heterocycles. The van der Waals surface area contributed by atoms with Gasteiger partial charge in [0.1, 0.15) is 0 Å². The highest BCUT2D eigenvalue weighted by atomic mass is 16.6. The van der Waals surface area contributed by atoms with Crippen LogP contribution in [0, 0.1) is 0 Å². The number of rotatable bonds is 1. The molecule has 0 N–H and O–H groups in total. The van der Waals surface area contributed by atoms with Crippen molar-refractivity contribution in [1.29, 1.82) is 0 Å². The predicted molar refractivity (Wildman–Crippen MR) is 30.6 cm³/mol. The SMILES string of the molecule is BC(B)C1CO1. The molecule has 0 radical (unpaired) electrons. The molecule has 32 valence electrons. The molecule has 0 aromatic heterocycles. The Bertz CT molecular complexity index is 50.8. The molecule has 0 aromatic carbocycles. The summed E-state index contributed by atoms with van der Waals surface area (Å²) in [5, 5.41) is 0. The van der Waals surface area contributed by atoms with Crippen molar-refractivity contribution < 1.29 is 4.74 Å². The highest BCUT2D eigenvalue weighted by Crippen LogP contribution is 2.18. The quantitative estimate of drug-likeness (QED) is 0.274. The molecule has 1 aliphatic rings. The first kappa shape index (κ1) is 4.25. The molecule has 1 fully saturated rings. The lowest BCUT2D eigenvalue weighted by Crippen LogP contribution is -1.98. The van der Waals surface area contributed by atoms with Gasteiger partial charge in [-0.1, -0.05) is 5.72 Å². The van der Waals surface area contributed by atoms with Crippen molar-refractivity contribution in [2.45, 2.75) is 11.8 Å². The molecule has 6 heavy (non-hydrogen) atoms. The van der Waals surface area contributed by atoms with Crippen LogP contribution in [-0.4, -0.2) is 28.4 Å². The van der Waals surface area contributed by atoms with Gasteiger partial charge in [0, 0.05) is 0 Å². The van der Waals surface area contributed by atoms with Crippen molar-refractivity contribution in [3.8, 4) is 0 Å². The second-order valence-electron chi connectivity index (χ2n) is 2.12. The second kappa shape index (κ2) is 1.30. The molecular weight excluding hydrogens is 73.7 g/mol. The van der Waals surface area contributed by atoms with E-state index in [0.717, 1.165) is 12.3 Å². The van der Waals surface area contributed by atoms with E-state index in [9.17, 15) is 0 Å². The van der Waals surface area contributed by atoms with Gasteiger partial charge in [-0.25, -0.2) is 0 Å². The summed E-state index contributed by atoms with van der Waals surface area (Å²) in [6.07, 6.45) is 0.602. The first-order chi connectivity index (χ1) is 2.80. The molecule has 1 rings (SSSR count). The van der Waals surface area contributed by atoms with Crippen LogP contribution < -0.4 is 0 Å². The van der Waals surface area contributed by atoms with Gasteiger partial charge in [-0.2, -0.15) is 0 Å². The van der Waals surface area contributed by atoms with Crippen LogP contribution in [0.15, 0.2) is 0 Å². The zero-order chi connectivity index (χ0) is 4.57. The molecule has 1 aliphatic heterocycles. The van der Waals surface area contributed by atoms with Gasteiger partial charge in [-0.15, -0.1) is 0 Å². The van der Waals surface area contributed by atoms with Crippen molar-refractivity contribution in [1.82, 2.24) is 0 Å². The van der Waals surface area contributed by atoms with Gasteiger partial charge in [-0.3, -0.25) is 0 Å². The highest BCUT2D eigenvalue weighted by molar-refractivity contribution is 6.36. The van der Waals surface area contributed by atoms with Gasteiger partial charge in [0.15, 0.2) is 0 Å². The third-order valence-electron chi connectivity index (χ3n) is 1.10. The third-order valence-corrected chi connectivity index (χ3v) is 1.10. The van der Waals surface area contributed by atoms with E-state index in [1.807, 2.05) is 0 Å². The number of ether oxygens (including phenoxy) is 1. The summed E-state index contributed by atoms with van der Waals surface area (Å²) in [6.45, 7) is 0.998. The van der Waals surface area contributed by atoms with Crippen LogP contribution in [0.1, 0.15) is 0 Å². The monoisotopic (exact) mass is 82.1 g/mol. The zero-order valence-corrected chi connectivity index (χ0v) is 4.27. The molecule has 1 nitrogen and oxygen atoms in total. The van der Waals surface area contributed by atoms with Crippen molar-refractivity contribution >= 4 is 15.7 Å². The molecule has 0 aliphatic carbocycles. The predicted octanol–water partition coefficient (Wildman–Crippen LogP) is -1.60. The maximum absolute atomic E-state index is 4.97. The molecule has 1 heterocycles. The van der Waals surface area contributed by atoms with Crippen LogP contribution in [-0.2, 0) is 4.74 Å². The Morgan fingerprint density at radius 1 is 1.67 bits per heavy atom. The van der Waals surface area contributed by atoms with E-state index in [1.54, 1.807) is 0 Å². The lowest BCUT2D eigenvalue weighted by Gasteiger charge is -1.89. The molecule has 0 amide bonds. The number of hydrogen-bond acceptors (Lipinski definition) is 1. The minimum absolute atomic E-state index is 0.602. The molecule has 3 heteroatoms. The number of epoxide rings is 1. The van der Waals surface area contributed by atoms with Gasteiger partial charge < -0.3 is 4.74 Å². The van der Waals surface area contributed by atoms with Crippen LogP contribution >= 0.6 is 0 Å². The van der Waals surface area contributed by atoms with E-state index >= 15 is 0 Å². The molecular formula is C3H8B2O. The largest absolute Gasteiger partial charge is 0.374 e. The zero-order valence-electron chi connectivity index (χ0n) is 4.27. The van der Waals surface area contributed by atoms with Crippen LogP contribution in [0.2, 0.25) is 5.72 Å². The summed E-state index contributed by atoms with van der Waals surface area (Å²) < 4.78 is 4.97. The Kier molecular flexibility index (Phi) is 0.922. The van der Waals surface area contributed by atoms with E-state index in [4.69, 9.17) is 4.74 Å². The van der Waals surface area contributed by atoms with Gasteiger partial charge in [0.05, 0.1) is 28.4 Å². The van der Waals surface area contributed by atoms with Crippen molar-refractivity contribution in [2.75, 3.05) is 6.61 Å². The van der Waals surface area contributed by atoms with Gasteiger partial charge >= 0.3 is 0 Å². The van der Waals surface area contributed by atoms with Gasteiger partial charge in [0.2, 0.25) is 0 Å². The maximum atomic E-state index is 4.97. The minimum atomic E-state index is 0.602. The fourth-order valence-corrected chi connectivity index (χ4v) is 0.440. The molecule has 0 spiro atoms.